The zero-order valence-corrected chi connectivity index (χ0v) is 19.4. The SMILES string of the molecule is C=S(N)c1ccc(-c2nc(N/C(C)=C/C(=NC)C3CC3)cc(N3CCCCC3)n2)s1. The highest BCUT2D eigenvalue weighted by molar-refractivity contribution is 8.13. The first kappa shape index (κ1) is 21.2. The summed E-state index contributed by atoms with van der Waals surface area (Å²) in [4.78, 5) is 17.6. The van der Waals surface area contributed by atoms with Gasteiger partial charge in [-0.1, -0.05) is 16.5 Å². The third-order valence-electron chi connectivity index (χ3n) is 5.40. The van der Waals surface area contributed by atoms with Crippen molar-refractivity contribution in [2.75, 3.05) is 30.4 Å². The van der Waals surface area contributed by atoms with Crippen LogP contribution in [0.25, 0.3) is 10.7 Å². The molecule has 1 unspecified atom stereocenters. The largest absolute Gasteiger partial charge is 0.356 e. The predicted octanol–water partition coefficient (Wildman–Crippen LogP) is 4.93. The minimum absolute atomic E-state index is 0.498. The molecule has 0 spiro atoms. The summed E-state index contributed by atoms with van der Waals surface area (Å²) in [5.41, 5.74) is 2.21. The number of nitrogens with two attached hydrogens (primary N) is 1. The molecule has 1 saturated heterocycles. The van der Waals surface area contributed by atoms with Gasteiger partial charge in [0.05, 0.1) is 9.09 Å². The van der Waals surface area contributed by atoms with Gasteiger partial charge in [0, 0.05) is 43.5 Å². The van der Waals surface area contributed by atoms with E-state index in [4.69, 9.17) is 15.1 Å². The lowest BCUT2D eigenvalue weighted by atomic mass is 10.1. The van der Waals surface area contributed by atoms with Gasteiger partial charge in [-0.3, -0.25) is 10.1 Å². The summed E-state index contributed by atoms with van der Waals surface area (Å²) in [6.07, 6.45) is 8.33. The number of anilines is 2. The van der Waals surface area contributed by atoms with Crippen molar-refractivity contribution in [2.24, 2.45) is 16.0 Å². The van der Waals surface area contributed by atoms with E-state index in [1.165, 1.54) is 37.8 Å². The molecule has 3 heterocycles. The van der Waals surface area contributed by atoms with Crippen LogP contribution in [0.2, 0.25) is 0 Å². The van der Waals surface area contributed by atoms with Gasteiger partial charge in [0.2, 0.25) is 0 Å². The Balaban J connectivity index is 1.65. The fourth-order valence-corrected chi connectivity index (χ4v) is 5.29. The second kappa shape index (κ2) is 9.41. The van der Waals surface area contributed by atoms with Gasteiger partial charge in [0.25, 0.3) is 0 Å². The predicted molar refractivity (Wildman–Crippen MR) is 132 cm³/mol. The molecular weight excluding hydrogens is 412 g/mol. The number of rotatable bonds is 7. The van der Waals surface area contributed by atoms with E-state index in [9.17, 15) is 0 Å². The molecule has 8 heteroatoms. The van der Waals surface area contributed by atoms with Crippen LogP contribution < -0.4 is 15.4 Å². The van der Waals surface area contributed by atoms with Crippen LogP contribution in [0.4, 0.5) is 11.6 Å². The summed E-state index contributed by atoms with van der Waals surface area (Å²) < 4.78 is 1.07. The number of aromatic nitrogens is 2. The van der Waals surface area contributed by atoms with Crippen LogP contribution in [-0.4, -0.2) is 41.7 Å². The monoisotopic (exact) mass is 442 g/mol. The molecule has 1 aliphatic heterocycles. The Labute approximate surface area is 185 Å². The van der Waals surface area contributed by atoms with E-state index in [0.29, 0.717) is 5.92 Å². The molecule has 2 fully saturated rings. The van der Waals surface area contributed by atoms with E-state index < -0.39 is 10.7 Å². The summed E-state index contributed by atoms with van der Waals surface area (Å²) in [5, 5.41) is 9.46. The molecule has 160 valence electrons. The van der Waals surface area contributed by atoms with Crippen molar-refractivity contribution in [2.45, 2.75) is 43.2 Å². The lowest BCUT2D eigenvalue weighted by Gasteiger charge is -2.28. The number of allylic oxidation sites excluding steroid dienone is 2. The van der Waals surface area contributed by atoms with E-state index in [1.807, 2.05) is 13.1 Å². The molecule has 4 rings (SSSR count). The first-order chi connectivity index (χ1) is 14.5. The minimum Gasteiger partial charge on any atom is -0.356 e. The Kier molecular flexibility index (Phi) is 6.65. The van der Waals surface area contributed by atoms with Crippen molar-refractivity contribution >= 4 is 45.2 Å². The highest BCUT2D eigenvalue weighted by Crippen LogP contribution is 2.34. The summed E-state index contributed by atoms with van der Waals surface area (Å²) in [7, 11) is 1.37. The van der Waals surface area contributed by atoms with Crippen LogP contribution in [0.15, 0.2) is 39.2 Å². The van der Waals surface area contributed by atoms with Gasteiger partial charge in [0.15, 0.2) is 5.82 Å². The quantitative estimate of drug-likeness (QED) is 0.470. The first-order valence-electron chi connectivity index (χ1n) is 10.5. The molecule has 1 aliphatic carbocycles. The third-order valence-corrected chi connectivity index (χ3v) is 7.82. The highest BCUT2D eigenvalue weighted by Gasteiger charge is 2.25. The number of thiophene rings is 1. The van der Waals surface area contributed by atoms with Crippen molar-refractivity contribution in [3.8, 4) is 10.7 Å². The molecule has 3 N–H and O–H groups in total. The Morgan fingerprint density at radius 1 is 1.30 bits per heavy atom. The number of hydrogen-bond donors (Lipinski definition) is 2. The van der Waals surface area contributed by atoms with Crippen LogP contribution in [0, 0.1) is 5.92 Å². The molecule has 1 atom stereocenters. The summed E-state index contributed by atoms with van der Waals surface area (Å²) >= 11 is 1.62. The number of hydrogen-bond acceptors (Lipinski definition) is 7. The third kappa shape index (κ3) is 5.17. The summed E-state index contributed by atoms with van der Waals surface area (Å²) in [6, 6.07) is 6.15. The van der Waals surface area contributed by atoms with Gasteiger partial charge < -0.3 is 10.2 Å². The lowest BCUT2D eigenvalue weighted by Crippen LogP contribution is -2.30. The standard InChI is InChI=1S/C22H30N6S2/c1-15(13-17(24-2)16-7-8-16)25-19-14-20(28-11-5-4-6-12-28)27-22(26-19)18-9-10-21(29-18)30(3)23/h9-10,13-14,16H,3-8,11-12,23H2,1-2H3,(H,25,26,27)/b15-13+,24-17?. The van der Waals surface area contributed by atoms with Crippen molar-refractivity contribution in [3.63, 3.8) is 0 Å². The molecule has 6 nitrogen and oxygen atoms in total. The molecular formula is C22H30N6S2. The maximum atomic E-state index is 5.98. The van der Waals surface area contributed by atoms with E-state index in [0.717, 1.165) is 45.3 Å². The van der Waals surface area contributed by atoms with Crippen molar-refractivity contribution in [3.05, 3.63) is 30.0 Å². The second-order valence-corrected chi connectivity index (χ2v) is 10.5. The van der Waals surface area contributed by atoms with Gasteiger partial charge in [-0.2, -0.15) is 0 Å². The van der Waals surface area contributed by atoms with E-state index in [2.05, 4.69) is 46.2 Å². The van der Waals surface area contributed by atoms with Crippen LogP contribution in [-0.2, 0) is 0 Å². The van der Waals surface area contributed by atoms with Crippen molar-refractivity contribution in [1.82, 2.24) is 9.97 Å². The van der Waals surface area contributed by atoms with Crippen LogP contribution >= 0.6 is 22.0 Å². The maximum absolute atomic E-state index is 5.98. The Morgan fingerprint density at radius 3 is 2.70 bits per heavy atom. The smallest absolute Gasteiger partial charge is 0.173 e. The molecule has 0 radical (unpaired) electrons. The second-order valence-electron chi connectivity index (χ2n) is 7.91. The highest BCUT2D eigenvalue weighted by atomic mass is 32.2. The molecule has 2 aromatic heterocycles. The van der Waals surface area contributed by atoms with Gasteiger partial charge in [-0.15, -0.1) is 11.3 Å². The molecule has 0 bridgehead atoms. The van der Waals surface area contributed by atoms with E-state index >= 15 is 0 Å². The van der Waals surface area contributed by atoms with Crippen molar-refractivity contribution in [1.29, 1.82) is 0 Å². The fourth-order valence-electron chi connectivity index (χ4n) is 3.68. The first-order valence-corrected chi connectivity index (χ1v) is 12.8. The van der Waals surface area contributed by atoms with Crippen molar-refractivity contribution < 1.29 is 0 Å². The van der Waals surface area contributed by atoms with E-state index in [-0.39, 0.29) is 0 Å². The minimum atomic E-state index is -0.498. The lowest BCUT2D eigenvalue weighted by molar-refractivity contribution is 0.573. The molecule has 30 heavy (non-hydrogen) atoms. The van der Waals surface area contributed by atoms with Crippen LogP contribution in [0.5, 0.6) is 0 Å². The Morgan fingerprint density at radius 2 is 2.07 bits per heavy atom. The Hall–Kier alpha value is -2.03. The number of nitrogens with one attached hydrogen (secondary N) is 1. The molecule has 0 amide bonds. The zero-order valence-electron chi connectivity index (χ0n) is 17.7. The average Bonchev–Trinajstić information content (AvgIpc) is 3.47. The van der Waals surface area contributed by atoms with E-state index in [1.54, 1.807) is 11.3 Å². The zero-order chi connectivity index (χ0) is 21.1. The van der Waals surface area contributed by atoms with Gasteiger partial charge >= 0.3 is 0 Å². The average molecular weight is 443 g/mol. The fraction of sp³-hybridized carbons (Fsp3) is 0.455. The maximum Gasteiger partial charge on any atom is 0.173 e. The summed E-state index contributed by atoms with van der Waals surface area (Å²) in [5.74, 6) is 7.11. The van der Waals surface area contributed by atoms with Gasteiger partial charge in [-0.05, 0) is 57.2 Å². The number of piperidine rings is 1. The van der Waals surface area contributed by atoms with Gasteiger partial charge in [0.1, 0.15) is 11.6 Å². The number of aliphatic imine (C=N–C) groups is 1. The topological polar surface area (TPSA) is 79.4 Å². The van der Waals surface area contributed by atoms with Crippen LogP contribution in [0.3, 0.4) is 0 Å². The normalized spacial score (nSPS) is 19.1. The molecule has 0 aromatic carbocycles. The summed E-state index contributed by atoms with van der Waals surface area (Å²) in [6.45, 7) is 4.15. The van der Waals surface area contributed by atoms with Gasteiger partial charge in [-0.25, -0.2) is 9.97 Å². The molecule has 2 aromatic rings. The number of nitrogens with zero attached hydrogens (tertiary/aromatic N) is 4. The Bertz CT molecular complexity index is 983. The molecule has 2 aliphatic rings. The molecule has 1 saturated carbocycles. The van der Waals surface area contributed by atoms with Crippen LogP contribution in [0.1, 0.15) is 39.0 Å².